The highest BCUT2D eigenvalue weighted by Crippen LogP contribution is 2.53. The number of halogens is 9. The Bertz CT molecular complexity index is 482. The van der Waals surface area contributed by atoms with E-state index in [1.807, 2.05) is 0 Å². The number of carbonyl (C=O) groups is 1. The number of alkyl halides is 9. The van der Waals surface area contributed by atoms with E-state index in [2.05, 4.69) is 4.74 Å². The number of nitrogens with zero attached hydrogens (tertiary/aromatic N) is 1. The van der Waals surface area contributed by atoms with Crippen molar-refractivity contribution in [1.82, 2.24) is 0 Å². The maximum atomic E-state index is 13.1. The first-order valence-corrected chi connectivity index (χ1v) is 6.35. The molecular weight excluding hydrogens is 361 g/mol. The van der Waals surface area contributed by atoms with Crippen molar-refractivity contribution in [3.05, 3.63) is 0 Å². The number of nitriles is 1. The molecule has 0 aliphatic carbocycles. The Balaban J connectivity index is 4.75. The molecule has 0 heterocycles. The van der Waals surface area contributed by atoms with E-state index in [0.29, 0.717) is 0 Å². The third-order valence-electron chi connectivity index (χ3n) is 2.89. The third kappa shape index (κ3) is 4.91. The van der Waals surface area contributed by atoms with E-state index in [-0.39, 0.29) is 6.42 Å². The number of ether oxygens (including phenoxy) is 1. The third-order valence-corrected chi connectivity index (χ3v) is 2.89. The van der Waals surface area contributed by atoms with Crippen LogP contribution in [-0.4, -0.2) is 36.5 Å². The van der Waals surface area contributed by atoms with Gasteiger partial charge in [-0.1, -0.05) is 0 Å². The molecule has 3 nitrogen and oxygen atoms in total. The van der Waals surface area contributed by atoms with Crippen LogP contribution < -0.4 is 0 Å². The zero-order valence-electron chi connectivity index (χ0n) is 12.1. The van der Waals surface area contributed by atoms with Crippen LogP contribution >= 0.6 is 0 Å². The Morgan fingerprint density at radius 3 is 1.96 bits per heavy atom. The van der Waals surface area contributed by atoms with E-state index < -0.39 is 55.3 Å². The first-order valence-electron chi connectivity index (χ1n) is 6.35. The largest absolute Gasteiger partial charge is 0.465 e. The lowest BCUT2D eigenvalue weighted by Crippen LogP contribution is -2.61. The molecule has 0 radical (unpaired) electrons. The maximum Gasteiger partial charge on any atom is 0.460 e. The number of hydrogen-bond donors (Lipinski definition) is 0. The minimum Gasteiger partial charge on any atom is -0.465 e. The second-order valence-electron chi connectivity index (χ2n) is 4.89. The summed E-state index contributed by atoms with van der Waals surface area (Å²) in [6.45, 7) is -0.0719. The number of carbonyl (C=O) groups excluding carboxylic acids is 1. The molecule has 0 aromatic carbocycles. The molecule has 1 unspecified atom stereocenters. The Kier molecular flexibility index (Phi) is 6.96. The highest BCUT2D eigenvalue weighted by Gasteiger charge is 2.81. The Morgan fingerprint density at radius 1 is 1.04 bits per heavy atom. The summed E-state index contributed by atoms with van der Waals surface area (Å²) in [5, 5.41) is 8.41. The zero-order chi connectivity index (χ0) is 19.4. The van der Waals surface area contributed by atoms with Gasteiger partial charge in [0, 0.05) is 12.3 Å². The van der Waals surface area contributed by atoms with Crippen molar-refractivity contribution in [2.45, 2.75) is 50.1 Å². The van der Waals surface area contributed by atoms with Gasteiger partial charge in [-0.3, -0.25) is 4.79 Å². The Hall–Kier alpha value is -1.67. The fourth-order valence-electron chi connectivity index (χ4n) is 1.33. The van der Waals surface area contributed by atoms with Crippen LogP contribution in [0.1, 0.15) is 26.2 Å². The molecule has 0 aromatic rings. The molecule has 0 saturated heterocycles. The minimum absolute atomic E-state index is 0.0337. The molecule has 0 bridgehead atoms. The van der Waals surface area contributed by atoms with Gasteiger partial charge in [0.1, 0.15) is 0 Å². The summed E-state index contributed by atoms with van der Waals surface area (Å²) in [6, 6.07) is 1.73. The summed E-state index contributed by atoms with van der Waals surface area (Å²) in [7, 11) is 0. The molecule has 0 amide bonds. The minimum atomic E-state index is -6.96. The second-order valence-corrected chi connectivity index (χ2v) is 4.89. The van der Waals surface area contributed by atoms with E-state index >= 15 is 0 Å². The summed E-state index contributed by atoms with van der Waals surface area (Å²) >= 11 is 0. The predicted octanol–water partition coefficient (Wildman–Crippen LogP) is 4.33. The van der Waals surface area contributed by atoms with Crippen LogP contribution in [0.15, 0.2) is 0 Å². The highest BCUT2D eigenvalue weighted by molar-refractivity contribution is 5.69. The van der Waals surface area contributed by atoms with Gasteiger partial charge in [-0.2, -0.15) is 44.8 Å². The molecule has 0 aliphatic heterocycles. The summed E-state index contributed by atoms with van der Waals surface area (Å²) in [4.78, 5) is 11.1. The molecule has 12 heteroatoms. The molecule has 0 aliphatic rings. The fraction of sp³-hybridized carbons (Fsp3) is 0.833. The van der Waals surface area contributed by atoms with Crippen molar-refractivity contribution in [2.75, 3.05) is 6.61 Å². The van der Waals surface area contributed by atoms with Crippen molar-refractivity contribution in [1.29, 1.82) is 5.26 Å². The van der Waals surface area contributed by atoms with E-state index in [1.165, 1.54) is 6.92 Å². The van der Waals surface area contributed by atoms with E-state index in [0.717, 1.165) is 0 Å². The lowest BCUT2D eigenvalue weighted by Gasteiger charge is -2.33. The van der Waals surface area contributed by atoms with Gasteiger partial charge in [0.15, 0.2) is 0 Å². The number of rotatable bonds is 8. The average molecular weight is 373 g/mol. The summed E-state index contributed by atoms with van der Waals surface area (Å²) < 4.78 is 117. The quantitative estimate of drug-likeness (QED) is 0.470. The first kappa shape index (κ1) is 22.3. The van der Waals surface area contributed by atoms with Crippen LogP contribution in [-0.2, 0) is 9.53 Å². The van der Waals surface area contributed by atoms with Crippen LogP contribution in [0.3, 0.4) is 0 Å². The lowest BCUT2D eigenvalue weighted by molar-refractivity contribution is -0.397. The second kappa shape index (κ2) is 7.48. The van der Waals surface area contributed by atoms with E-state index in [4.69, 9.17) is 5.26 Å². The molecular formula is C12H12F9NO2. The van der Waals surface area contributed by atoms with Gasteiger partial charge < -0.3 is 4.74 Å². The van der Waals surface area contributed by atoms with Crippen LogP contribution in [0, 0.1) is 17.2 Å². The van der Waals surface area contributed by atoms with Crippen LogP contribution in [0.25, 0.3) is 0 Å². The molecule has 0 rings (SSSR count). The number of hydrogen-bond acceptors (Lipinski definition) is 3. The van der Waals surface area contributed by atoms with Crippen LogP contribution in [0.4, 0.5) is 39.5 Å². The standard InChI is InChI=1S/C12H12F9NO2/c1-7(6-22)2-3-8(23)24-5-4-9(13,14)10(15,16)11(17,18)12(19,20)21/h7H,2-5H2,1H3. The van der Waals surface area contributed by atoms with Gasteiger partial charge in [0.25, 0.3) is 0 Å². The van der Waals surface area contributed by atoms with Crippen molar-refractivity contribution in [3.8, 4) is 6.07 Å². The monoisotopic (exact) mass is 373 g/mol. The lowest BCUT2D eigenvalue weighted by atomic mass is 10.0. The molecule has 0 aromatic heterocycles. The Morgan fingerprint density at radius 2 is 1.54 bits per heavy atom. The highest BCUT2D eigenvalue weighted by atomic mass is 19.4. The van der Waals surface area contributed by atoms with Crippen molar-refractivity contribution >= 4 is 5.97 Å². The van der Waals surface area contributed by atoms with Gasteiger partial charge in [-0.15, -0.1) is 0 Å². The molecule has 0 fully saturated rings. The summed E-state index contributed by atoms with van der Waals surface area (Å²) in [6.07, 6.45) is -9.58. The number of esters is 1. The molecule has 24 heavy (non-hydrogen) atoms. The van der Waals surface area contributed by atoms with Gasteiger partial charge >= 0.3 is 29.9 Å². The smallest absolute Gasteiger partial charge is 0.460 e. The zero-order valence-corrected chi connectivity index (χ0v) is 12.1. The SMILES string of the molecule is CC(C#N)CCC(=O)OCCC(F)(F)C(F)(F)C(F)(F)C(F)(F)F. The normalized spacial score (nSPS) is 14.9. The summed E-state index contributed by atoms with van der Waals surface area (Å²) in [5.74, 6) is -21.2. The molecule has 1 atom stereocenters. The summed E-state index contributed by atoms with van der Waals surface area (Å²) in [5.41, 5.74) is 0. The van der Waals surface area contributed by atoms with Crippen molar-refractivity contribution in [2.24, 2.45) is 5.92 Å². The predicted molar refractivity (Wildman–Crippen MR) is 60.5 cm³/mol. The first-order chi connectivity index (χ1) is 10.6. The topological polar surface area (TPSA) is 50.1 Å². The van der Waals surface area contributed by atoms with Gasteiger partial charge in [-0.05, 0) is 13.3 Å². The maximum absolute atomic E-state index is 13.1. The fourth-order valence-corrected chi connectivity index (χ4v) is 1.33. The Labute approximate surface area is 130 Å². The van der Waals surface area contributed by atoms with Crippen molar-refractivity contribution < 1.29 is 49.0 Å². The molecule has 0 N–H and O–H groups in total. The van der Waals surface area contributed by atoms with Gasteiger partial charge in [0.05, 0.1) is 19.1 Å². The van der Waals surface area contributed by atoms with Gasteiger partial charge in [0.2, 0.25) is 0 Å². The molecule has 140 valence electrons. The molecule has 0 spiro atoms. The molecule has 0 saturated carbocycles. The average Bonchev–Trinajstić information content (AvgIpc) is 2.42. The van der Waals surface area contributed by atoms with E-state index in [1.54, 1.807) is 6.07 Å². The van der Waals surface area contributed by atoms with Crippen LogP contribution in [0.2, 0.25) is 0 Å². The van der Waals surface area contributed by atoms with Crippen LogP contribution in [0.5, 0.6) is 0 Å². The van der Waals surface area contributed by atoms with Crippen molar-refractivity contribution in [3.63, 3.8) is 0 Å². The van der Waals surface area contributed by atoms with Gasteiger partial charge in [-0.25, -0.2) is 0 Å². The van der Waals surface area contributed by atoms with E-state index in [9.17, 15) is 44.3 Å².